The van der Waals surface area contributed by atoms with E-state index in [4.69, 9.17) is 14.2 Å². The number of carbonyl (C=O) groups is 1. The first-order chi connectivity index (χ1) is 17.2. The predicted molar refractivity (Wildman–Crippen MR) is 139 cm³/mol. The normalized spacial score (nSPS) is 16.9. The van der Waals surface area contributed by atoms with E-state index in [-0.39, 0.29) is 11.9 Å². The molecule has 1 aliphatic heterocycles. The highest BCUT2D eigenvalue weighted by atomic mass is 32.1. The van der Waals surface area contributed by atoms with E-state index in [1.807, 2.05) is 36.4 Å². The van der Waals surface area contributed by atoms with Gasteiger partial charge in [0.25, 0.3) is 5.91 Å². The van der Waals surface area contributed by atoms with Crippen LogP contribution < -0.4 is 14.8 Å². The highest BCUT2D eigenvalue weighted by Gasteiger charge is 2.33. The quantitative estimate of drug-likeness (QED) is 0.484. The third-order valence-electron chi connectivity index (χ3n) is 6.88. The highest BCUT2D eigenvalue weighted by Crippen LogP contribution is 2.46. The molecule has 3 aromatic rings. The predicted octanol–water partition coefficient (Wildman–Crippen LogP) is 5.32. The number of rotatable bonds is 7. The van der Waals surface area contributed by atoms with Gasteiger partial charge >= 0.3 is 0 Å². The minimum absolute atomic E-state index is 0.0112. The van der Waals surface area contributed by atoms with Gasteiger partial charge in [-0.05, 0) is 61.1 Å². The fraction of sp³-hybridized carbons (Fsp3) is 0.393. The van der Waals surface area contributed by atoms with Gasteiger partial charge in [0.2, 0.25) is 0 Å². The Labute approximate surface area is 210 Å². The summed E-state index contributed by atoms with van der Waals surface area (Å²) in [6.07, 6.45) is 4.47. The van der Waals surface area contributed by atoms with E-state index in [0.29, 0.717) is 30.3 Å². The maximum absolute atomic E-state index is 13.2. The second-order valence-corrected chi connectivity index (χ2v) is 10.0. The lowest BCUT2D eigenvalue weighted by atomic mass is 9.88. The Kier molecular flexibility index (Phi) is 7.37. The van der Waals surface area contributed by atoms with Gasteiger partial charge in [0.1, 0.15) is 5.00 Å². The van der Waals surface area contributed by atoms with E-state index in [1.54, 1.807) is 25.6 Å². The molecule has 1 unspecified atom stereocenters. The Morgan fingerprint density at radius 2 is 1.74 bits per heavy atom. The van der Waals surface area contributed by atoms with Crippen LogP contribution in [0.2, 0.25) is 0 Å². The van der Waals surface area contributed by atoms with Crippen LogP contribution in [-0.4, -0.2) is 51.3 Å². The summed E-state index contributed by atoms with van der Waals surface area (Å²) in [5.41, 5.74) is 4.42. The molecule has 1 amide bonds. The van der Waals surface area contributed by atoms with Gasteiger partial charge in [-0.1, -0.05) is 24.3 Å². The fourth-order valence-corrected chi connectivity index (χ4v) is 6.47. The minimum atomic E-state index is -0.0708. The number of amides is 1. The summed E-state index contributed by atoms with van der Waals surface area (Å²) in [6, 6.07) is 15.6. The van der Waals surface area contributed by atoms with Crippen LogP contribution in [0.15, 0.2) is 48.5 Å². The Bertz CT molecular complexity index is 1170. The van der Waals surface area contributed by atoms with Gasteiger partial charge in [-0.3, -0.25) is 9.69 Å². The van der Waals surface area contributed by atoms with Crippen molar-refractivity contribution >= 4 is 22.2 Å². The van der Waals surface area contributed by atoms with Crippen molar-refractivity contribution in [3.63, 3.8) is 0 Å². The number of aryl methyl sites for hydroxylation is 1. The number of anilines is 1. The molecule has 1 aromatic heterocycles. The number of ether oxygens (including phenoxy) is 3. The summed E-state index contributed by atoms with van der Waals surface area (Å²) in [4.78, 5) is 17.1. The zero-order chi connectivity index (χ0) is 24.2. The van der Waals surface area contributed by atoms with Gasteiger partial charge in [-0.15, -0.1) is 11.3 Å². The van der Waals surface area contributed by atoms with Crippen molar-refractivity contribution in [2.75, 3.05) is 45.8 Å². The molecular weight excluding hydrogens is 460 g/mol. The molecule has 2 aliphatic rings. The number of hydrogen-bond acceptors (Lipinski definition) is 6. The molecule has 0 radical (unpaired) electrons. The summed E-state index contributed by atoms with van der Waals surface area (Å²) in [5, 5.41) is 4.25. The van der Waals surface area contributed by atoms with Gasteiger partial charge in [-0.2, -0.15) is 0 Å². The van der Waals surface area contributed by atoms with Crippen molar-refractivity contribution in [3.8, 4) is 11.5 Å². The number of fused-ring (bicyclic) bond motifs is 1. The Balaban J connectivity index is 1.62. The number of carbonyl (C=O) groups excluding carboxylic acids is 1. The third kappa shape index (κ3) is 4.94. The van der Waals surface area contributed by atoms with E-state index in [1.165, 1.54) is 28.8 Å². The average molecular weight is 493 g/mol. The van der Waals surface area contributed by atoms with Crippen LogP contribution in [0.4, 0.5) is 5.00 Å². The number of morpholine rings is 1. The lowest BCUT2D eigenvalue weighted by molar-refractivity contribution is 0.0239. The first kappa shape index (κ1) is 23.9. The van der Waals surface area contributed by atoms with Gasteiger partial charge in [0.05, 0.1) is 33.5 Å². The lowest BCUT2D eigenvalue weighted by Gasteiger charge is -2.36. The zero-order valence-corrected chi connectivity index (χ0v) is 21.2. The largest absolute Gasteiger partial charge is 0.493 e. The second-order valence-electron chi connectivity index (χ2n) is 8.94. The maximum Gasteiger partial charge on any atom is 0.256 e. The van der Waals surface area contributed by atoms with Crippen molar-refractivity contribution in [2.24, 2.45) is 0 Å². The standard InChI is InChI=1S/C28H32N2O4S/c1-32-22-13-12-20(18-23(22)33-2)26(30-14-16-34-17-15-30)25-21-10-6-7-11-24(21)35-28(25)29-27(31)19-8-4-3-5-9-19/h3-5,8-9,12-13,18,26H,6-7,10-11,14-17H2,1-2H3,(H,29,31). The molecule has 1 N–H and O–H groups in total. The Morgan fingerprint density at radius 3 is 2.49 bits per heavy atom. The molecule has 1 saturated heterocycles. The molecule has 184 valence electrons. The van der Waals surface area contributed by atoms with Crippen molar-refractivity contribution in [1.82, 2.24) is 4.90 Å². The molecular formula is C28H32N2O4S. The van der Waals surface area contributed by atoms with Crippen LogP contribution in [0.1, 0.15) is 50.8 Å². The van der Waals surface area contributed by atoms with Crippen LogP contribution in [0.3, 0.4) is 0 Å². The average Bonchev–Trinajstić information content (AvgIpc) is 3.27. The third-order valence-corrected chi connectivity index (χ3v) is 8.11. The fourth-order valence-electron chi connectivity index (χ4n) is 5.16. The monoisotopic (exact) mass is 492 g/mol. The summed E-state index contributed by atoms with van der Waals surface area (Å²) in [5.74, 6) is 1.35. The molecule has 1 atom stereocenters. The number of thiophene rings is 1. The Hall–Kier alpha value is -2.87. The van der Waals surface area contributed by atoms with Crippen molar-refractivity contribution in [2.45, 2.75) is 31.7 Å². The van der Waals surface area contributed by atoms with Crippen LogP contribution in [-0.2, 0) is 17.6 Å². The number of nitrogens with one attached hydrogen (secondary N) is 1. The zero-order valence-electron chi connectivity index (χ0n) is 20.3. The van der Waals surface area contributed by atoms with Gasteiger partial charge in [0.15, 0.2) is 11.5 Å². The summed E-state index contributed by atoms with van der Waals surface area (Å²) in [6.45, 7) is 3.05. The Morgan fingerprint density at radius 1 is 1.00 bits per heavy atom. The van der Waals surface area contributed by atoms with Crippen LogP contribution in [0.5, 0.6) is 11.5 Å². The minimum Gasteiger partial charge on any atom is -0.493 e. The number of methoxy groups -OCH3 is 2. The highest BCUT2D eigenvalue weighted by molar-refractivity contribution is 7.16. The maximum atomic E-state index is 13.2. The van der Waals surface area contributed by atoms with E-state index in [0.717, 1.165) is 36.5 Å². The first-order valence-electron chi connectivity index (χ1n) is 12.2. The van der Waals surface area contributed by atoms with Crippen LogP contribution in [0, 0.1) is 0 Å². The van der Waals surface area contributed by atoms with E-state index in [9.17, 15) is 4.79 Å². The molecule has 7 heteroatoms. The van der Waals surface area contributed by atoms with E-state index >= 15 is 0 Å². The summed E-state index contributed by atoms with van der Waals surface area (Å²) < 4.78 is 16.9. The molecule has 0 bridgehead atoms. The molecule has 0 saturated carbocycles. The van der Waals surface area contributed by atoms with Crippen LogP contribution >= 0.6 is 11.3 Å². The number of nitrogens with zero attached hydrogens (tertiary/aromatic N) is 1. The number of hydrogen-bond donors (Lipinski definition) is 1. The van der Waals surface area contributed by atoms with E-state index in [2.05, 4.69) is 22.3 Å². The smallest absolute Gasteiger partial charge is 0.256 e. The molecule has 35 heavy (non-hydrogen) atoms. The van der Waals surface area contributed by atoms with Crippen molar-refractivity contribution < 1.29 is 19.0 Å². The van der Waals surface area contributed by atoms with Crippen molar-refractivity contribution in [3.05, 3.63) is 75.7 Å². The van der Waals surface area contributed by atoms with Gasteiger partial charge < -0.3 is 19.5 Å². The summed E-state index contributed by atoms with van der Waals surface area (Å²) in [7, 11) is 3.33. The molecule has 1 fully saturated rings. The molecule has 2 aromatic carbocycles. The molecule has 2 heterocycles. The molecule has 6 nitrogen and oxygen atoms in total. The topological polar surface area (TPSA) is 60.0 Å². The number of benzene rings is 2. The first-order valence-corrected chi connectivity index (χ1v) is 13.1. The second kappa shape index (κ2) is 10.8. The molecule has 0 spiro atoms. The molecule has 5 rings (SSSR count). The SMILES string of the molecule is COc1ccc(C(c2c(NC(=O)c3ccccc3)sc3c2CCCC3)N2CCOCC2)cc1OC. The van der Waals surface area contributed by atoms with Gasteiger partial charge in [0, 0.05) is 29.1 Å². The van der Waals surface area contributed by atoms with E-state index < -0.39 is 0 Å². The van der Waals surface area contributed by atoms with Crippen molar-refractivity contribution in [1.29, 1.82) is 0 Å². The summed E-state index contributed by atoms with van der Waals surface area (Å²) >= 11 is 1.74. The van der Waals surface area contributed by atoms with Crippen LogP contribution in [0.25, 0.3) is 0 Å². The van der Waals surface area contributed by atoms with Gasteiger partial charge in [-0.25, -0.2) is 0 Å². The lowest BCUT2D eigenvalue weighted by Crippen LogP contribution is -2.40. The molecule has 1 aliphatic carbocycles.